The van der Waals surface area contributed by atoms with Crippen molar-refractivity contribution in [2.24, 2.45) is 40.4 Å². The normalized spacial score (nSPS) is 54.3. The number of fused-ring (bicyclic) bond motifs is 3. The molecule has 2 heterocycles. The highest BCUT2D eigenvalue weighted by Gasteiger charge is 2.80. The van der Waals surface area contributed by atoms with Crippen LogP contribution in [0.3, 0.4) is 0 Å². The van der Waals surface area contributed by atoms with Crippen LogP contribution in [0.15, 0.2) is 0 Å². The molecule has 3 saturated carbocycles. The molecule has 0 aromatic heterocycles. The van der Waals surface area contributed by atoms with Gasteiger partial charge < -0.3 is 19.7 Å². The van der Waals surface area contributed by atoms with Crippen LogP contribution in [-0.4, -0.2) is 45.8 Å². The number of aliphatic carboxylic acids is 2. The lowest BCUT2D eigenvalue weighted by Crippen LogP contribution is -2.52. The molecule has 4 bridgehead atoms. The van der Waals surface area contributed by atoms with Crippen molar-refractivity contribution >= 4 is 23.9 Å². The molecule has 3 aliphatic carbocycles. The molecular formula is C19H22O8. The fraction of sp³-hybridized carbons (Fsp3) is 0.789. The molecule has 5 fully saturated rings. The molecule has 5 rings (SSSR count). The lowest BCUT2D eigenvalue weighted by Gasteiger charge is -2.42. The lowest BCUT2D eigenvalue weighted by atomic mass is 9.58. The summed E-state index contributed by atoms with van der Waals surface area (Å²) < 4.78 is 11.0. The molecule has 146 valence electrons. The van der Waals surface area contributed by atoms with Gasteiger partial charge in [0.05, 0.1) is 17.3 Å². The maximum Gasteiger partial charge on any atom is 0.348 e. The molecule has 0 spiro atoms. The van der Waals surface area contributed by atoms with Crippen LogP contribution in [0.2, 0.25) is 0 Å². The Morgan fingerprint density at radius 3 is 2.44 bits per heavy atom. The summed E-state index contributed by atoms with van der Waals surface area (Å²) in [6, 6.07) is 0. The third-order valence-electron chi connectivity index (χ3n) is 8.85. The molecule has 2 N–H and O–H groups in total. The zero-order valence-corrected chi connectivity index (χ0v) is 15.1. The van der Waals surface area contributed by atoms with Crippen molar-refractivity contribution in [3.05, 3.63) is 0 Å². The third-order valence-corrected chi connectivity index (χ3v) is 8.85. The number of hydrogen-bond acceptors (Lipinski definition) is 6. The molecule has 2 aliphatic heterocycles. The highest BCUT2D eigenvalue weighted by molar-refractivity contribution is 5.93. The lowest BCUT2D eigenvalue weighted by molar-refractivity contribution is -0.180. The Balaban J connectivity index is 1.56. The highest BCUT2D eigenvalue weighted by Crippen LogP contribution is 2.71. The first kappa shape index (κ1) is 17.0. The molecule has 8 unspecified atom stereocenters. The number of rotatable bonds is 4. The monoisotopic (exact) mass is 378 g/mol. The van der Waals surface area contributed by atoms with Crippen molar-refractivity contribution in [1.82, 2.24) is 0 Å². The van der Waals surface area contributed by atoms with Crippen molar-refractivity contribution < 1.29 is 38.9 Å². The molecule has 5 aliphatic rings. The van der Waals surface area contributed by atoms with Crippen molar-refractivity contribution in [1.29, 1.82) is 0 Å². The van der Waals surface area contributed by atoms with Crippen LogP contribution in [0, 0.1) is 40.4 Å². The van der Waals surface area contributed by atoms with E-state index in [1.807, 2.05) is 0 Å². The topological polar surface area (TPSA) is 127 Å². The van der Waals surface area contributed by atoms with Crippen LogP contribution in [0.25, 0.3) is 0 Å². The SMILES string of the molecule is CC12CCC(C(=O)O)(OC1=O)C2(C)CC1C2OC(=O)C3C2C[C@@H]1C3C(=O)O. The van der Waals surface area contributed by atoms with E-state index < -0.39 is 52.1 Å². The molecule has 0 radical (unpaired) electrons. The van der Waals surface area contributed by atoms with Crippen LogP contribution in [0.1, 0.15) is 39.5 Å². The third kappa shape index (κ3) is 1.59. The van der Waals surface area contributed by atoms with E-state index in [2.05, 4.69) is 0 Å². The van der Waals surface area contributed by atoms with Gasteiger partial charge in [-0.05, 0) is 38.5 Å². The van der Waals surface area contributed by atoms with Crippen LogP contribution >= 0.6 is 0 Å². The Kier molecular flexibility index (Phi) is 2.93. The molecule has 27 heavy (non-hydrogen) atoms. The number of hydrogen-bond donors (Lipinski definition) is 2. The molecular weight excluding hydrogens is 356 g/mol. The second kappa shape index (κ2) is 4.64. The number of carboxylic acid groups (broad SMARTS) is 2. The van der Waals surface area contributed by atoms with Crippen molar-refractivity contribution in [2.75, 3.05) is 0 Å². The zero-order chi connectivity index (χ0) is 19.5. The Bertz CT molecular complexity index is 806. The predicted molar refractivity (Wildman–Crippen MR) is 86.1 cm³/mol. The van der Waals surface area contributed by atoms with Crippen LogP contribution in [-0.2, 0) is 28.7 Å². The summed E-state index contributed by atoms with van der Waals surface area (Å²) in [5.74, 6) is -5.12. The first-order valence-corrected chi connectivity index (χ1v) is 9.47. The largest absolute Gasteiger partial charge is 0.481 e. The summed E-state index contributed by atoms with van der Waals surface area (Å²) in [6.45, 7) is 3.52. The van der Waals surface area contributed by atoms with Gasteiger partial charge >= 0.3 is 23.9 Å². The second-order valence-electron chi connectivity index (χ2n) is 9.41. The zero-order valence-electron chi connectivity index (χ0n) is 15.1. The van der Waals surface area contributed by atoms with Gasteiger partial charge in [0.1, 0.15) is 6.10 Å². The summed E-state index contributed by atoms with van der Waals surface area (Å²) in [5, 5.41) is 19.6. The van der Waals surface area contributed by atoms with E-state index in [0.717, 1.165) is 0 Å². The van der Waals surface area contributed by atoms with Gasteiger partial charge in [0.25, 0.3) is 0 Å². The molecule has 0 aromatic carbocycles. The van der Waals surface area contributed by atoms with Crippen molar-refractivity contribution in [3.63, 3.8) is 0 Å². The maximum absolute atomic E-state index is 12.5. The van der Waals surface area contributed by atoms with E-state index >= 15 is 0 Å². The van der Waals surface area contributed by atoms with Gasteiger partial charge in [-0.3, -0.25) is 14.4 Å². The quantitative estimate of drug-likeness (QED) is 0.696. The molecule has 0 amide bonds. The minimum atomic E-state index is -1.60. The van der Waals surface area contributed by atoms with E-state index in [4.69, 9.17) is 9.47 Å². The Morgan fingerprint density at radius 1 is 1.15 bits per heavy atom. The second-order valence-corrected chi connectivity index (χ2v) is 9.41. The fourth-order valence-electron chi connectivity index (χ4n) is 7.23. The maximum atomic E-state index is 12.5. The summed E-state index contributed by atoms with van der Waals surface area (Å²) in [5.41, 5.74) is -3.51. The molecule has 9 atom stereocenters. The van der Waals surface area contributed by atoms with Crippen molar-refractivity contribution in [2.45, 2.75) is 51.2 Å². The smallest absolute Gasteiger partial charge is 0.348 e. The van der Waals surface area contributed by atoms with Crippen LogP contribution in [0.4, 0.5) is 0 Å². The molecule has 2 saturated heterocycles. The van der Waals surface area contributed by atoms with Gasteiger partial charge in [0.2, 0.25) is 5.60 Å². The van der Waals surface area contributed by atoms with Gasteiger partial charge in [0, 0.05) is 17.3 Å². The molecule has 8 nitrogen and oxygen atoms in total. The summed E-state index contributed by atoms with van der Waals surface area (Å²) >= 11 is 0. The Labute approximate surface area is 155 Å². The van der Waals surface area contributed by atoms with Crippen LogP contribution in [0.5, 0.6) is 0 Å². The van der Waals surface area contributed by atoms with Crippen molar-refractivity contribution in [3.8, 4) is 0 Å². The minimum Gasteiger partial charge on any atom is -0.481 e. The standard InChI is InChI=1S/C19H22O8/c1-17-3-4-19(15(23)24,27-16(17)25)18(17,2)6-9-7-5-8-11(10(7)13(20)21)14(22)26-12(8)9/h7-12H,3-6H2,1-2H3,(H,20,21)(H,23,24)/t7-,8?,9?,10?,11?,12?,17?,18?,19?/m0/s1. The van der Waals surface area contributed by atoms with E-state index in [-0.39, 0.29) is 30.3 Å². The average molecular weight is 378 g/mol. The summed E-state index contributed by atoms with van der Waals surface area (Å²) in [7, 11) is 0. The van der Waals surface area contributed by atoms with E-state index in [1.165, 1.54) is 0 Å². The number of ether oxygens (including phenoxy) is 2. The van der Waals surface area contributed by atoms with Gasteiger partial charge in [-0.2, -0.15) is 0 Å². The Hall–Kier alpha value is -2.12. The fourth-order valence-corrected chi connectivity index (χ4v) is 7.23. The first-order chi connectivity index (χ1) is 12.6. The average Bonchev–Trinajstić information content (AvgIpc) is 3.27. The Morgan fingerprint density at radius 2 is 1.85 bits per heavy atom. The number of carboxylic acids is 2. The predicted octanol–water partition coefficient (Wildman–Crippen LogP) is 1.07. The van der Waals surface area contributed by atoms with Gasteiger partial charge in [-0.1, -0.05) is 6.92 Å². The van der Waals surface area contributed by atoms with Gasteiger partial charge in [-0.15, -0.1) is 0 Å². The summed E-state index contributed by atoms with van der Waals surface area (Å²) in [6.07, 6.45) is 1.19. The summed E-state index contributed by atoms with van der Waals surface area (Å²) in [4.78, 5) is 48.8. The van der Waals surface area contributed by atoms with E-state index in [1.54, 1.807) is 13.8 Å². The number of carbonyl (C=O) groups excluding carboxylic acids is 2. The molecule has 0 aromatic rings. The van der Waals surface area contributed by atoms with Crippen LogP contribution < -0.4 is 0 Å². The highest BCUT2D eigenvalue weighted by atomic mass is 16.6. The number of carbonyl (C=O) groups is 4. The van der Waals surface area contributed by atoms with E-state index in [0.29, 0.717) is 19.3 Å². The molecule has 8 heteroatoms. The van der Waals surface area contributed by atoms with Gasteiger partial charge in [0.15, 0.2) is 0 Å². The first-order valence-electron chi connectivity index (χ1n) is 9.47. The minimum absolute atomic E-state index is 0.124. The van der Waals surface area contributed by atoms with Gasteiger partial charge in [-0.25, -0.2) is 4.79 Å². The van der Waals surface area contributed by atoms with E-state index in [9.17, 15) is 29.4 Å². The number of esters is 2.